The van der Waals surface area contributed by atoms with Gasteiger partial charge in [0.15, 0.2) is 12.4 Å². The first-order valence-corrected chi connectivity index (χ1v) is 5.69. The predicted octanol–water partition coefficient (Wildman–Crippen LogP) is 2.58. The van der Waals surface area contributed by atoms with E-state index in [-0.39, 0.29) is 12.5 Å². The van der Waals surface area contributed by atoms with Gasteiger partial charge in [-0.15, -0.1) is 0 Å². The lowest BCUT2D eigenvalue weighted by Gasteiger charge is -2.02. The molecule has 2 aromatic rings. The van der Waals surface area contributed by atoms with E-state index in [1.165, 1.54) is 0 Å². The van der Waals surface area contributed by atoms with Crippen molar-refractivity contribution in [1.29, 1.82) is 0 Å². The smallest absolute Gasteiger partial charge is 0.264 e. The third-order valence-electron chi connectivity index (χ3n) is 2.38. The lowest BCUT2D eigenvalue weighted by molar-refractivity contribution is 0.112. The van der Waals surface area contributed by atoms with Gasteiger partial charge in [0.2, 0.25) is 0 Å². The standard InChI is InChI=1S/C13H14N2O3/c1-9(2)13-14-12(18-15-13)8-17-11-5-3-10(7-16)4-6-11/h3-7,9H,8H2,1-2H3. The van der Waals surface area contributed by atoms with E-state index < -0.39 is 0 Å². The number of benzene rings is 1. The number of ether oxygens (including phenoxy) is 1. The summed E-state index contributed by atoms with van der Waals surface area (Å²) >= 11 is 0. The molecule has 1 aromatic carbocycles. The number of rotatable bonds is 5. The van der Waals surface area contributed by atoms with E-state index in [9.17, 15) is 4.79 Å². The van der Waals surface area contributed by atoms with Gasteiger partial charge >= 0.3 is 0 Å². The van der Waals surface area contributed by atoms with Gasteiger partial charge in [-0.1, -0.05) is 19.0 Å². The van der Waals surface area contributed by atoms with E-state index in [0.29, 0.717) is 23.0 Å². The van der Waals surface area contributed by atoms with E-state index >= 15 is 0 Å². The molecule has 5 heteroatoms. The monoisotopic (exact) mass is 246 g/mol. The van der Waals surface area contributed by atoms with Crippen LogP contribution >= 0.6 is 0 Å². The quantitative estimate of drug-likeness (QED) is 0.758. The summed E-state index contributed by atoms with van der Waals surface area (Å²) in [6.07, 6.45) is 0.788. The Balaban J connectivity index is 1.95. The molecule has 0 aliphatic heterocycles. The molecule has 0 aliphatic carbocycles. The van der Waals surface area contributed by atoms with E-state index in [4.69, 9.17) is 9.26 Å². The molecule has 0 unspecified atom stereocenters. The van der Waals surface area contributed by atoms with Gasteiger partial charge in [-0.2, -0.15) is 4.98 Å². The number of carbonyl (C=O) groups is 1. The second-order valence-corrected chi connectivity index (χ2v) is 4.18. The molecule has 0 saturated heterocycles. The molecule has 2 rings (SSSR count). The Morgan fingerprint density at radius 3 is 2.61 bits per heavy atom. The highest BCUT2D eigenvalue weighted by Gasteiger charge is 2.09. The van der Waals surface area contributed by atoms with Crippen molar-refractivity contribution in [2.45, 2.75) is 26.4 Å². The van der Waals surface area contributed by atoms with Crippen LogP contribution < -0.4 is 4.74 Å². The predicted molar refractivity (Wildman–Crippen MR) is 64.5 cm³/mol. The summed E-state index contributed by atoms with van der Waals surface area (Å²) in [4.78, 5) is 14.7. The molecule has 5 nitrogen and oxygen atoms in total. The Kier molecular flexibility index (Phi) is 3.72. The number of nitrogens with zero attached hydrogens (tertiary/aromatic N) is 2. The van der Waals surface area contributed by atoms with Gasteiger partial charge in [0.05, 0.1) is 0 Å². The van der Waals surface area contributed by atoms with Crippen molar-refractivity contribution in [2.24, 2.45) is 0 Å². The molecule has 0 fully saturated rings. The number of aromatic nitrogens is 2. The van der Waals surface area contributed by atoms with E-state index in [0.717, 1.165) is 6.29 Å². The van der Waals surface area contributed by atoms with Gasteiger partial charge in [-0.3, -0.25) is 4.79 Å². The lowest BCUT2D eigenvalue weighted by Crippen LogP contribution is -1.97. The third kappa shape index (κ3) is 2.94. The van der Waals surface area contributed by atoms with Gasteiger partial charge in [-0.25, -0.2) is 0 Å². The molecule has 94 valence electrons. The Hall–Kier alpha value is -2.17. The minimum Gasteiger partial charge on any atom is -0.484 e. The molecular weight excluding hydrogens is 232 g/mol. The summed E-state index contributed by atoms with van der Waals surface area (Å²) in [5, 5.41) is 3.84. The zero-order valence-electron chi connectivity index (χ0n) is 10.3. The van der Waals surface area contributed by atoms with Gasteiger partial charge in [0.25, 0.3) is 5.89 Å². The van der Waals surface area contributed by atoms with Crippen LogP contribution in [0.5, 0.6) is 5.75 Å². The lowest BCUT2D eigenvalue weighted by atomic mass is 10.2. The minimum atomic E-state index is 0.222. The highest BCUT2D eigenvalue weighted by Crippen LogP contribution is 2.14. The maximum Gasteiger partial charge on any atom is 0.264 e. The summed E-state index contributed by atoms with van der Waals surface area (Å²) in [5.74, 6) is 2.00. The van der Waals surface area contributed by atoms with Crippen molar-refractivity contribution in [2.75, 3.05) is 0 Å². The van der Waals surface area contributed by atoms with Crippen LogP contribution in [0.25, 0.3) is 0 Å². The summed E-state index contributed by atoms with van der Waals surface area (Å²) in [6.45, 7) is 4.21. The number of hydrogen-bond donors (Lipinski definition) is 0. The van der Waals surface area contributed by atoms with E-state index in [2.05, 4.69) is 10.1 Å². The number of hydrogen-bond acceptors (Lipinski definition) is 5. The summed E-state index contributed by atoms with van der Waals surface area (Å²) in [5.41, 5.74) is 0.613. The van der Waals surface area contributed by atoms with Gasteiger partial charge in [0.1, 0.15) is 12.0 Å². The zero-order chi connectivity index (χ0) is 13.0. The van der Waals surface area contributed by atoms with E-state index in [1.807, 2.05) is 13.8 Å². The van der Waals surface area contributed by atoms with Gasteiger partial charge < -0.3 is 9.26 Å². The highest BCUT2D eigenvalue weighted by molar-refractivity contribution is 5.74. The summed E-state index contributed by atoms with van der Waals surface area (Å²) in [7, 11) is 0. The topological polar surface area (TPSA) is 65.2 Å². The second-order valence-electron chi connectivity index (χ2n) is 4.18. The van der Waals surface area contributed by atoms with Crippen molar-refractivity contribution < 1.29 is 14.1 Å². The minimum absolute atomic E-state index is 0.222. The summed E-state index contributed by atoms with van der Waals surface area (Å²) < 4.78 is 10.5. The van der Waals surface area contributed by atoms with Crippen molar-refractivity contribution >= 4 is 6.29 Å². The fourth-order valence-electron chi connectivity index (χ4n) is 1.35. The van der Waals surface area contributed by atoms with Crippen LogP contribution in [0.3, 0.4) is 0 Å². The number of aldehydes is 1. The van der Waals surface area contributed by atoms with Crippen LogP contribution in [0.2, 0.25) is 0 Å². The van der Waals surface area contributed by atoms with E-state index in [1.54, 1.807) is 24.3 Å². The molecule has 0 spiro atoms. The fourth-order valence-corrected chi connectivity index (χ4v) is 1.35. The van der Waals surface area contributed by atoms with Crippen molar-refractivity contribution in [1.82, 2.24) is 10.1 Å². The first-order chi connectivity index (χ1) is 8.69. The SMILES string of the molecule is CC(C)c1noc(COc2ccc(C=O)cc2)n1. The molecule has 1 heterocycles. The van der Waals surface area contributed by atoms with Crippen molar-refractivity contribution in [3.8, 4) is 5.75 Å². The maximum absolute atomic E-state index is 10.5. The Bertz CT molecular complexity index is 517. The zero-order valence-corrected chi connectivity index (χ0v) is 10.3. The largest absolute Gasteiger partial charge is 0.484 e. The Labute approximate surface area is 105 Å². The average molecular weight is 246 g/mol. The molecule has 0 radical (unpaired) electrons. The first kappa shape index (κ1) is 12.3. The third-order valence-corrected chi connectivity index (χ3v) is 2.38. The molecule has 0 atom stereocenters. The van der Waals surface area contributed by atoms with Crippen LogP contribution in [0.1, 0.15) is 41.8 Å². The maximum atomic E-state index is 10.5. The average Bonchev–Trinajstić information content (AvgIpc) is 2.86. The molecule has 0 aliphatic rings. The van der Waals surface area contributed by atoms with Gasteiger partial charge in [-0.05, 0) is 24.3 Å². The summed E-state index contributed by atoms with van der Waals surface area (Å²) in [6, 6.07) is 6.83. The van der Waals surface area contributed by atoms with Gasteiger partial charge in [0, 0.05) is 11.5 Å². The Morgan fingerprint density at radius 2 is 2.06 bits per heavy atom. The van der Waals surface area contributed by atoms with Crippen LogP contribution in [0.4, 0.5) is 0 Å². The fraction of sp³-hybridized carbons (Fsp3) is 0.308. The second kappa shape index (κ2) is 5.44. The molecule has 0 N–H and O–H groups in total. The number of carbonyl (C=O) groups excluding carboxylic acids is 1. The van der Waals surface area contributed by atoms with Crippen LogP contribution in [-0.2, 0) is 6.61 Å². The molecule has 0 amide bonds. The molecule has 18 heavy (non-hydrogen) atoms. The molecular formula is C13H14N2O3. The molecule has 1 aromatic heterocycles. The molecule has 0 bridgehead atoms. The van der Waals surface area contributed by atoms with Crippen molar-refractivity contribution in [3.05, 3.63) is 41.5 Å². The van der Waals surface area contributed by atoms with Crippen LogP contribution in [-0.4, -0.2) is 16.4 Å². The first-order valence-electron chi connectivity index (χ1n) is 5.69. The Morgan fingerprint density at radius 1 is 1.33 bits per heavy atom. The van der Waals surface area contributed by atoms with Crippen LogP contribution in [0.15, 0.2) is 28.8 Å². The molecule has 0 saturated carbocycles. The van der Waals surface area contributed by atoms with Crippen LogP contribution in [0, 0.1) is 0 Å². The normalized spacial score (nSPS) is 10.6. The van der Waals surface area contributed by atoms with Crippen molar-refractivity contribution in [3.63, 3.8) is 0 Å². The highest BCUT2D eigenvalue weighted by atomic mass is 16.5.